The minimum atomic E-state index is -0.424. The minimum Gasteiger partial charge on any atom is -0.444 e. The molecule has 2 aliphatic rings. The number of pyridine rings is 1. The highest BCUT2D eigenvalue weighted by Gasteiger charge is 2.39. The second-order valence-electron chi connectivity index (χ2n) is 6.94. The van der Waals surface area contributed by atoms with Crippen LogP contribution in [0.15, 0.2) is 30.6 Å². The monoisotopic (exact) mass is 318 g/mol. The lowest BCUT2D eigenvalue weighted by Crippen LogP contribution is -2.35. The van der Waals surface area contributed by atoms with Crippen molar-refractivity contribution in [2.24, 2.45) is 11.8 Å². The molecule has 4 nitrogen and oxygen atoms in total. The summed E-state index contributed by atoms with van der Waals surface area (Å²) < 4.78 is 5.46. The maximum atomic E-state index is 12.1. The molecule has 1 aromatic heterocycles. The van der Waals surface area contributed by atoms with E-state index >= 15 is 0 Å². The third-order valence-electron chi connectivity index (χ3n) is 4.09. The number of allylic oxidation sites excluding steroid dienone is 1. The summed E-state index contributed by atoms with van der Waals surface area (Å²) in [6.07, 6.45) is 6.84. The molecule has 2 heterocycles. The van der Waals surface area contributed by atoms with E-state index in [9.17, 15) is 4.79 Å². The number of ether oxygens (including phenoxy) is 1. The van der Waals surface area contributed by atoms with E-state index < -0.39 is 5.60 Å². The predicted octanol–water partition coefficient (Wildman–Crippen LogP) is 4.62. The van der Waals surface area contributed by atoms with Gasteiger partial charge < -0.3 is 9.64 Å². The average Bonchev–Trinajstić information content (AvgIpc) is 2.95. The molecule has 23 heavy (non-hydrogen) atoms. The van der Waals surface area contributed by atoms with Crippen molar-refractivity contribution < 1.29 is 9.53 Å². The van der Waals surface area contributed by atoms with Crippen LogP contribution in [0, 0.1) is 11.8 Å². The van der Waals surface area contributed by atoms with Crippen molar-refractivity contribution in [3.05, 3.63) is 36.2 Å². The van der Waals surface area contributed by atoms with Gasteiger partial charge in [-0.1, -0.05) is 20.9 Å². The number of likely N-dealkylation sites (tertiary alicyclic amines) is 1. The van der Waals surface area contributed by atoms with E-state index in [0.29, 0.717) is 11.8 Å². The highest BCUT2D eigenvalue weighted by molar-refractivity contribution is 5.71. The van der Waals surface area contributed by atoms with Crippen LogP contribution < -0.4 is 0 Å². The number of fused-ring (bicyclic) bond motifs is 1. The summed E-state index contributed by atoms with van der Waals surface area (Å²) in [4.78, 5) is 18.0. The Morgan fingerprint density at radius 1 is 1.22 bits per heavy atom. The molecule has 4 heteroatoms. The van der Waals surface area contributed by atoms with Gasteiger partial charge in [0.25, 0.3) is 0 Å². The molecule has 0 radical (unpaired) electrons. The van der Waals surface area contributed by atoms with Crippen LogP contribution in [-0.4, -0.2) is 34.7 Å². The largest absolute Gasteiger partial charge is 0.444 e. The minimum absolute atomic E-state index is 0. The quantitative estimate of drug-likeness (QED) is 0.758. The van der Waals surface area contributed by atoms with Gasteiger partial charge in [0, 0.05) is 25.5 Å². The van der Waals surface area contributed by atoms with Crippen molar-refractivity contribution in [2.75, 3.05) is 13.1 Å². The number of nitrogens with zero attached hydrogens (tertiary/aromatic N) is 2. The lowest BCUT2D eigenvalue weighted by molar-refractivity contribution is 0.0285. The maximum absolute atomic E-state index is 12.1. The number of carbonyl (C=O) groups is 1. The fourth-order valence-electron chi connectivity index (χ4n) is 3.17. The Kier molecular flexibility index (Phi) is 5.98. The zero-order valence-electron chi connectivity index (χ0n) is 12.9. The van der Waals surface area contributed by atoms with E-state index in [-0.39, 0.29) is 20.9 Å². The van der Waals surface area contributed by atoms with Gasteiger partial charge in [-0.15, -0.1) is 0 Å². The first-order chi connectivity index (χ1) is 9.92. The molecule has 1 aromatic rings. The van der Waals surface area contributed by atoms with Gasteiger partial charge in [-0.3, -0.25) is 4.98 Å². The second kappa shape index (κ2) is 7.16. The van der Waals surface area contributed by atoms with Gasteiger partial charge in [-0.05, 0) is 62.3 Å². The molecule has 3 rings (SSSR count). The van der Waals surface area contributed by atoms with Crippen LogP contribution in [0.4, 0.5) is 4.79 Å². The van der Waals surface area contributed by atoms with Gasteiger partial charge in [0.05, 0.1) is 0 Å². The zero-order chi connectivity index (χ0) is 15.0. The third-order valence-corrected chi connectivity index (χ3v) is 4.09. The van der Waals surface area contributed by atoms with E-state index in [4.69, 9.17) is 4.74 Å². The van der Waals surface area contributed by atoms with E-state index in [1.807, 2.05) is 38.1 Å². The number of hydrogen-bond acceptors (Lipinski definition) is 3. The van der Waals surface area contributed by atoms with Crippen molar-refractivity contribution in [1.82, 2.24) is 9.88 Å². The van der Waals surface area contributed by atoms with Gasteiger partial charge in [-0.25, -0.2) is 4.79 Å². The summed E-state index contributed by atoms with van der Waals surface area (Å²) in [7, 11) is 0. The Hall–Kier alpha value is -1.84. The first kappa shape index (κ1) is 19.2. The van der Waals surface area contributed by atoms with Crippen LogP contribution >= 0.6 is 0 Å². The van der Waals surface area contributed by atoms with Gasteiger partial charge >= 0.3 is 6.09 Å². The van der Waals surface area contributed by atoms with Crippen molar-refractivity contribution in [1.29, 1.82) is 0 Å². The number of hydrogen-bond donors (Lipinski definition) is 0. The fourth-order valence-corrected chi connectivity index (χ4v) is 3.17. The molecule has 2 atom stereocenters. The first-order valence-corrected chi connectivity index (χ1v) is 7.51. The molecule has 1 aliphatic heterocycles. The van der Waals surface area contributed by atoms with E-state index in [0.717, 1.165) is 19.5 Å². The molecule has 0 aromatic carbocycles. The normalized spacial score (nSPS) is 22.6. The lowest BCUT2D eigenvalue weighted by Gasteiger charge is -2.24. The maximum Gasteiger partial charge on any atom is 0.410 e. The standard InChI is InChI=1S/C17H22N2O2.2CH4/c1-17(2,3)21-16(20)19-10-14-8-13(9-15(14)11-19)12-4-6-18-7-5-12;;/h4-8,14-15H,9-11H2,1-3H3;2*1H4/t14-,15+;;/m0../s1. The summed E-state index contributed by atoms with van der Waals surface area (Å²) in [5.41, 5.74) is 2.21. The van der Waals surface area contributed by atoms with Crippen LogP contribution in [0.25, 0.3) is 5.57 Å². The number of rotatable bonds is 1. The Bertz CT molecular complexity index is 560. The van der Waals surface area contributed by atoms with E-state index in [1.165, 1.54) is 11.1 Å². The van der Waals surface area contributed by atoms with Gasteiger partial charge in [0.1, 0.15) is 5.60 Å². The smallest absolute Gasteiger partial charge is 0.410 e. The molecular weight excluding hydrogens is 288 g/mol. The van der Waals surface area contributed by atoms with Crippen molar-refractivity contribution >= 4 is 11.7 Å². The van der Waals surface area contributed by atoms with Gasteiger partial charge in [0.2, 0.25) is 0 Å². The number of amides is 1. The van der Waals surface area contributed by atoms with Crippen LogP contribution in [0.1, 0.15) is 47.6 Å². The summed E-state index contributed by atoms with van der Waals surface area (Å²) in [5, 5.41) is 0. The first-order valence-electron chi connectivity index (χ1n) is 7.51. The Labute approximate surface area is 140 Å². The summed E-state index contributed by atoms with van der Waals surface area (Å²) in [6, 6.07) is 4.11. The molecule has 0 spiro atoms. The van der Waals surface area contributed by atoms with Crippen LogP contribution in [0.5, 0.6) is 0 Å². The third kappa shape index (κ3) is 4.34. The summed E-state index contributed by atoms with van der Waals surface area (Å²) >= 11 is 0. The highest BCUT2D eigenvalue weighted by atomic mass is 16.6. The van der Waals surface area contributed by atoms with E-state index in [2.05, 4.69) is 23.2 Å². The van der Waals surface area contributed by atoms with E-state index in [1.54, 1.807) is 0 Å². The second-order valence-corrected chi connectivity index (χ2v) is 6.94. The average molecular weight is 318 g/mol. The Morgan fingerprint density at radius 2 is 1.87 bits per heavy atom. The molecule has 0 N–H and O–H groups in total. The SMILES string of the molecule is C.C.CC(C)(C)OC(=O)N1C[C@H]2CC(c3ccncc3)=C[C@H]2C1. The zero-order valence-corrected chi connectivity index (χ0v) is 12.9. The summed E-state index contributed by atoms with van der Waals surface area (Å²) in [5.74, 6) is 0.987. The molecule has 128 valence electrons. The molecule has 0 unspecified atom stereocenters. The Balaban J connectivity index is 0.00000132. The molecule has 1 amide bonds. The highest BCUT2D eigenvalue weighted by Crippen LogP contribution is 2.41. The van der Waals surface area contributed by atoms with Crippen molar-refractivity contribution in [3.8, 4) is 0 Å². The summed E-state index contributed by atoms with van der Waals surface area (Å²) in [6.45, 7) is 7.29. The topological polar surface area (TPSA) is 42.4 Å². The number of carbonyl (C=O) groups excluding carboxylic acids is 1. The fraction of sp³-hybridized carbons (Fsp3) is 0.579. The molecular formula is C19H30N2O2. The van der Waals surface area contributed by atoms with Crippen molar-refractivity contribution in [3.63, 3.8) is 0 Å². The molecule has 1 saturated heterocycles. The van der Waals surface area contributed by atoms with Crippen LogP contribution in [0.3, 0.4) is 0 Å². The molecule has 1 aliphatic carbocycles. The van der Waals surface area contributed by atoms with Crippen molar-refractivity contribution in [2.45, 2.75) is 47.6 Å². The van der Waals surface area contributed by atoms with Gasteiger partial charge in [0.15, 0.2) is 0 Å². The molecule has 0 saturated carbocycles. The van der Waals surface area contributed by atoms with Gasteiger partial charge in [-0.2, -0.15) is 0 Å². The molecule has 1 fully saturated rings. The predicted molar refractivity (Wildman–Crippen MR) is 95.1 cm³/mol. The van der Waals surface area contributed by atoms with Crippen LogP contribution in [-0.2, 0) is 4.74 Å². The number of aromatic nitrogens is 1. The Morgan fingerprint density at radius 3 is 2.43 bits per heavy atom. The lowest BCUT2D eigenvalue weighted by atomic mass is 9.99. The van der Waals surface area contributed by atoms with Crippen LogP contribution in [0.2, 0.25) is 0 Å². The molecule has 0 bridgehead atoms.